The van der Waals surface area contributed by atoms with Crippen molar-refractivity contribution in [2.24, 2.45) is 0 Å². The lowest BCUT2D eigenvalue weighted by Gasteiger charge is -2.10. The van der Waals surface area contributed by atoms with E-state index in [0.717, 1.165) is 5.56 Å². The zero-order valence-corrected chi connectivity index (χ0v) is 19.2. The summed E-state index contributed by atoms with van der Waals surface area (Å²) in [6.07, 6.45) is 4.34. The molecule has 2 aromatic carbocycles. The molecule has 10 heteroatoms. The number of rotatable bonds is 9. The quantitative estimate of drug-likeness (QED) is 0.344. The van der Waals surface area contributed by atoms with Crippen molar-refractivity contribution in [3.8, 4) is 0 Å². The standard InChI is InChI=1S/C23H21ClN2O6S/c1-2-31-22(27)12-7-16-5-9-18(10-6-16)26-23(28)17-8-11-20(24)21(14-17)33(29,30)25-15-19-4-3-13-32-19/h3-14,25H,2,15H2,1H3,(H,26,28)/b12-7+. The molecule has 0 saturated carbocycles. The van der Waals surface area contributed by atoms with Crippen LogP contribution in [0.3, 0.4) is 0 Å². The maximum Gasteiger partial charge on any atom is 0.330 e. The largest absolute Gasteiger partial charge is 0.468 e. The molecule has 0 bridgehead atoms. The van der Waals surface area contributed by atoms with Crippen molar-refractivity contribution in [1.29, 1.82) is 0 Å². The van der Waals surface area contributed by atoms with E-state index >= 15 is 0 Å². The van der Waals surface area contributed by atoms with E-state index in [1.54, 1.807) is 49.4 Å². The zero-order chi connectivity index (χ0) is 23.8. The molecule has 0 aliphatic carbocycles. The number of nitrogens with one attached hydrogen (secondary N) is 2. The minimum absolute atomic E-state index is 0.0174. The average Bonchev–Trinajstić information content (AvgIpc) is 3.31. The van der Waals surface area contributed by atoms with Gasteiger partial charge < -0.3 is 14.5 Å². The molecule has 1 amide bonds. The van der Waals surface area contributed by atoms with Crippen LogP contribution in [0.2, 0.25) is 5.02 Å². The minimum atomic E-state index is -3.99. The molecule has 3 aromatic rings. The highest BCUT2D eigenvalue weighted by Crippen LogP contribution is 2.24. The summed E-state index contributed by atoms with van der Waals surface area (Å²) in [5.74, 6) is -0.518. The number of hydrogen-bond donors (Lipinski definition) is 2. The second kappa shape index (κ2) is 11.0. The van der Waals surface area contributed by atoms with Crippen LogP contribution in [0.4, 0.5) is 5.69 Å². The van der Waals surface area contributed by atoms with E-state index in [4.69, 9.17) is 20.8 Å². The summed E-state index contributed by atoms with van der Waals surface area (Å²) >= 11 is 6.08. The molecule has 0 fully saturated rings. The minimum Gasteiger partial charge on any atom is -0.468 e. The van der Waals surface area contributed by atoms with Gasteiger partial charge in [-0.05, 0) is 61.0 Å². The predicted molar refractivity (Wildman–Crippen MR) is 124 cm³/mol. The molecule has 0 aliphatic heterocycles. The van der Waals surface area contributed by atoms with Crippen LogP contribution in [0.15, 0.2) is 76.2 Å². The first-order valence-corrected chi connectivity index (χ1v) is 11.7. The number of amides is 1. The summed E-state index contributed by atoms with van der Waals surface area (Å²) in [7, 11) is -3.99. The van der Waals surface area contributed by atoms with Crippen LogP contribution >= 0.6 is 11.6 Å². The van der Waals surface area contributed by atoms with Gasteiger partial charge in [0.05, 0.1) is 24.4 Å². The molecule has 0 spiro atoms. The van der Waals surface area contributed by atoms with Crippen LogP contribution in [0.25, 0.3) is 6.08 Å². The second-order valence-corrected chi connectivity index (χ2v) is 8.85. The highest BCUT2D eigenvalue weighted by molar-refractivity contribution is 7.89. The molecule has 0 unspecified atom stereocenters. The highest BCUT2D eigenvalue weighted by atomic mass is 35.5. The van der Waals surface area contributed by atoms with Crippen molar-refractivity contribution < 1.29 is 27.2 Å². The number of carbonyl (C=O) groups is 2. The number of ether oxygens (including phenoxy) is 1. The number of furan rings is 1. The molecular weight excluding hydrogens is 468 g/mol. The number of hydrogen-bond acceptors (Lipinski definition) is 6. The van der Waals surface area contributed by atoms with Gasteiger partial charge in [0.1, 0.15) is 10.7 Å². The van der Waals surface area contributed by atoms with Crippen LogP contribution < -0.4 is 10.0 Å². The van der Waals surface area contributed by atoms with E-state index in [2.05, 4.69) is 10.0 Å². The Hall–Kier alpha value is -3.40. The van der Waals surface area contributed by atoms with Gasteiger partial charge in [-0.1, -0.05) is 23.7 Å². The monoisotopic (exact) mass is 488 g/mol. The maximum atomic E-state index is 12.7. The van der Waals surface area contributed by atoms with E-state index in [1.165, 1.54) is 30.5 Å². The van der Waals surface area contributed by atoms with E-state index in [-0.39, 0.29) is 22.0 Å². The molecule has 1 aromatic heterocycles. The topological polar surface area (TPSA) is 115 Å². The van der Waals surface area contributed by atoms with Crippen molar-refractivity contribution in [2.75, 3.05) is 11.9 Å². The van der Waals surface area contributed by atoms with E-state index < -0.39 is 21.9 Å². The average molecular weight is 489 g/mol. The van der Waals surface area contributed by atoms with Crippen molar-refractivity contribution in [1.82, 2.24) is 4.72 Å². The van der Waals surface area contributed by atoms with Gasteiger partial charge in [-0.3, -0.25) is 4.79 Å². The summed E-state index contributed by atoms with van der Waals surface area (Å²) < 4.78 is 37.7. The van der Waals surface area contributed by atoms with Crippen LogP contribution in [0.1, 0.15) is 28.6 Å². The molecule has 0 saturated heterocycles. The van der Waals surface area contributed by atoms with Gasteiger partial charge in [0.25, 0.3) is 5.91 Å². The second-order valence-electron chi connectivity index (χ2n) is 6.71. The lowest BCUT2D eigenvalue weighted by Crippen LogP contribution is -2.24. The fraction of sp³-hybridized carbons (Fsp3) is 0.130. The summed E-state index contributed by atoms with van der Waals surface area (Å²) in [5, 5.41) is 2.68. The first-order valence-electron chi connectivity index (χ1n) is 9.86. The number of benzene rings is 2. The van der Waals surface area contributed by atoms with Gasteiger partial charge >= 0.3 is 5.97 Å². The Bertz CT molecular complexity index is 1250. The third-order valence-corrected chi connectivity index (χ3v) is 6.25. The van der Waals surface area contributed by atoms with E-state index in [0.29, 0.717) is 18.1 Å². The molecule has 8 nitrogen and oxygen atoms in total. The number of halogens is 1. The van der Waals surface area contributed by atoms with Crippen LogP contribution in [-0.2, 0) is 26.1 Å². The Balaban J connectivity index is 1.69. The van der Waals surface area contributed by atoms with Crippen molar-refractivity contribution >= 4 is 45.3 Å². The molecule has 172 valence electrons. The van der Waals surface area contributed by atoms with Gasteiger partial charge in [-0.15, -0.1) is 0 Å². The molecule has 2 N–H and O–H groups in total. The smallest absolute Gasteiger partial charge is 0.330 e. The molecule has 33 heavy (non-hydrogen) atoms. The fourth-order valence-electron chi connectivity index (χ4n) is 2.74. The first kappa shape index (κ1) is 24.2. The fourth-order valence-corrected chi connectivity index (χ4v) is 4.26. The SMILES string of the molecule is CCOC(=O)/C=C/c1ccc(NC(=O)c2ccc(Cl)c(S(=O)(=O)NCc3ccco3)c2)cc1. The molecule has 0 radical (unpaired) electrons. The Labute approximate surface area is 196 Å². The van der Waals surface area contributed by atoms with Crippen molar-refractivity contribution in [3.63, 3.8) is 0 Å². The highest BCUT2D eigenvalue weighted by Gasteiger charge is 2.20. The maximum absolute atomic E-state index is 12.7. The molecule has 0 aliphatic rings. The Morgan fingerprint density at radius 1 is 1.12 bits per heavy atom. The summed E-state index contributed by atoms with van der Waals surface area (Å²) in [4.78, 5) is 23.8. The van der Waals surface area contributed by atoms with Gasteiger partial charge in [0.2, 0.25) is 10.0 Å². The summed E-state index contributed by atoms with van der Waals surface area (Å²) in [5.41, 5.74) is 1.34. The molecular formula is C23H21ClN2O6S. The number of esters is 1. The lowest BCUT2D eigenvalue weighted by molar-refractivity contribution is -0.137. The normalized spacial score (nSPS) is 11.5. The van der Waals surface area contributed by atoms with Gasteiger partial charge in [0, 0.05) is 17.3 Å². The third kappa shape index (κ3) is 6.79. The van der Waals surface area contributed by atoms with Gasteiger partial charge in [0.15, 0.2) is 0 Å². The van der Waals surface area contributed by atoms with Crippen molar-refractivity contribution in [3.05, 3.63) is 88.8 Å². The van der Waals surface area contributed by atoms with E-state index in [1.807, 2.05) is 0 Å². The predicted octanol–water partition coefficient (Wildman–Crippen LogP) is 4.24. The third-order valence-electron chi connectivity index (χ3n) is 4.37. The molecule has 1 heterocycles. The summed E-state index contributed by atoms with van der Waals surface area (Å²) in [6.45, 7) is 1.96. The Kier molecular flexibility index (Phi) is 8.05. The number of sulfonamides is 1. The van der Waals surface area contributed by atoms with E-state index in [9.17, 15) is 18.0 Å². The van der Waals surface area contributed by atoms with Crippen LogP contribution in [0, 0.1) is 0 Å². The summed E-state index contributed by atoms with van der Waals surface area (Å²) in [6, 6.07) is 14.0. The first-order chi connectivity index (χ1) is 15.8. The number of anilines is 1. The van der Waals surface area contributed by atoms with Crippen molar-refractivity contribution in [2.45, 2.75) is 18.4 Å². The van der Waals surface area contributed by atoms with Crippen LogP contribution in [0.5, 0.6) is 0 Å². The zero-order valence-electron chi connectivity index (χ0n) is 17.6. The van der Waals surface area contributed by atoms with Gasteiger partial charge in [-0.25, -0.2) is 17.9 Å². The number of carbonyl (C=O) groups excluding carboxylic acids is 2. The Morgan fingerprint density at radius 2 is 1.88 bits per heavy atom. The Morgan fingerprint density at radius 3 is 2.55 bits per heavy atom. The van der Waals surface area contributed by atoms with Gasteiger partial charge in [-0.2, -0.15) is 0 Å². The van der Waals surface area contributed by atoms with Crippen LogP contribution in [-0.4, -0.2) is 26.9 Å². The molecule has 0 atom stereocenters. The molecule has 3 rings (SSSR count). The lowest BCUT2D eigenvalue weighted by atomic mass is 10.1.